The van der Waals surface area contributed by atoms with Gasteiger partial charge in [-0.05, 0) is 90.4 Å². The van der Waals surface area contributed by atoms with E-state index in [0.29, 0.717) is 29.3 Å². The molecule has 1 aliphatic heterocycles. The molecule has 266 valence electrons. The first-order valence-electron chi connectivity index (χ1n) is 17.8. The van der Waals surface area contributed by atoms with E-state index < -0.39 is 8.07 Å². The number of hydrogen-bond donors (Lipinski definition) is 3. The number of amides is 1. The second-order valence-electron chi connectivity index (χ2n) is 14.2. The molecule has 10 heteroatoms. The molecule has 0 spiro atoms. The first-order valence-corrected chi connectivity index (χ1v) is 20.9. The molecular weight excluding hydrogens is 655 g/mol. The molecule has 0 radical (unpaired) electrons. The lowest BCUT2D eigenvalue weighted by Gasteiger charge is -2.36. The normalized spacial score (nSPS) is 19.5. The van der Waals surface area contributed by atoms with Crippen LogP contribution in [0.2, 0.25) is 18.6 Å². The fourth-order valence-corrected chi connectivity index (χ4v) is 11.8. The molecule has 1 aliphatic rings. The lowest BCUT2D eigenvalue weighted by atomic mass is 9.95. The van der Waals surface area contributed by atoms with Crippen molar-refractivity contribution in [1.29, 1.82) is 0 Å². The highest BCUT2D eigenvalue weighted by Gasteiger charge is 2.50. The monoisotopic (exact) mass is 703 g/mol. The molecule has 1 unspecified atom stereocenters. The summed E-state index contributed by atoms with van der Waals surface area (Å²) >= 11 is 0. The third-order valence-corrected chi connectivity index (χ3v) is 15.0. The second kappa shape index (κ2) is 16.1. The lowest BCUT2D eigenvalue weighted by Crippen LogP contribution is -2.50. The number of ether oxygens (including phenoxy) is 2. The maximum atomic E-state index is 12.7. The van der Waals surface area contributed by atoms with Crippen molar-refractivity contribution < 1.29 is 19.4 Å². The van der Waals surface area contributed by atoms with Crippen LogP contribution in [0.1, 0.15) is 52.9 Å². The molecular formula is C41H49N5O4Si. The quantitative estimate of drug-likeness (QED) is 0.0873. The van der Waals surface area contributed by atoms with E-state index in [1.54, 1.807) is 31.4 Å². The van der Waals surface area contributed by atoms with E-state index in [1.165, 1.54) is 10.8 Å². The largest absolute Gasteiger partial charge is 0.497 e. The fourth-order valence-electron chi connectivity index (χ4n) is 7.71. The summed E-state index contributed by atoms with van der Waals surface area (Å²) in [4.78, 5) is 12.7. The van der Waals surface area contributed by atoms with Gasteiger partial charge in [-0.25, -0.2) is 0 Å². The Labute approximate surface area is 301 Å². The van der Waals surface area contributed by atoms with Crippen molar-refractivity contribution in [3.63, 3.8) is 0 Å². The standard InChI is InChI=1S/C41H49N5O4Si/c1-28-38(23-12-29-10-17-33(18-11-29)43-41(48)31-13-15-32(42)16-14-31)50-39(40(28)51(3,4)35-21-19-34(49-2)20-22-35)24-25-46-26-37(44-45-46)36(27-47)30-8-6-5-7-9-30/h5-11,13-22,26,28,36,38-40,47H,12,23-25,27,42H2,1-4H3,(H,43,48)/t28-,36?,38+,39-,40+/m1/s1. The number of hydrogen-bond acceptors (Lipinski definition) is 7. The van der Waals surface area contributed by atoms with E-state index in [-0.39, 0.29) is 30.6 Å². The van der Waals surface area contributed by atoms with Crippen molar-refractivity contribution in [2.75, 3.05) is 24.8 Å². The van der Waals surface area contributed by atoms with Gasteiger partial charge in [0.25, 0.3) is 5.91 Å². The van der Waals surface area contributed by atoms with Crippen LogP contribution in [0, 0.1) is 5.92 Å². The Morgan fingerprint density at radius 2 is 1.67 bits per heavy atom. The van der Waals surface area contributed by atoms with Gasteiger partial charge in [-0.15, -0.1) is 5.10 Å². The molecule has 9 nitrogen and oxygen atoms in total. The molecule has 5 aromatic rings. The Morgan fingerprint density at radius 1 is 0.961 bits per heavy atom. The van der Waals surface area contributed by atoms with E-state index in [4.69, 9.17) is 15.2 Å². The zero-order valence-electron chi connectivity index (χ0n) is 29.9. The molecule has 0 saturated carbocycles. The van der Waals surface area contributed by atoms with Gasteiger partial charge in [0.1, 0.15) is 5.75 Å². The molecule has 6 rings (SSSR count). The number of carbonyl (C=O) groups is 1. The Balaban J connectivity index is 1.14. The topological polar surface area (TPSA) is 125 Å². The number of rotatable bonds is 14. The summed E-state index contributed by atoms with van der Waals surface area (Å²) in [5.41, 5.74) is 11.1. The molecule has 5 atom stereocenters. The number of methoxy groups -OCH3 is 1. The van der Waals surface area contributed by atoms with Crippen LogP contribution in [0.3, 0.4) is 0 Å². The van der Waals surface area contributed by atoms with Crippen LogP contribution >= 0.6 is 0 Å². The SMILES string of the molecule is COc1ccc([Si](C)(C)[C@H]2[C@H](C)[C@H](CCc3ccc(NC(=O)c4ccc(N)cc4)cc3)O[C@@H]2CCn2cc(C(CO)c3ccccc3)nn2)cc1. The minimum atomic E-state index is -2.02. The van der Waals surface area contributed by atoms with Crippen molar-refractivity contribution in [3.8, 4) is 5.75 Å². The van der Waals surface area contributed by atoms with Gasteiger partial charge in [-0.1, -0.05) is 85.0 Å². The van der Waals surface area contributed by atoms with Crippen LogP contribution in [-0.4, -0.2) is 60.0 Å². The van der Waals surface area contributed by atoms with Gasteiger partial charge in [0.2, 0.25) is 0 Å². The number of carbonyl (C=O) groups excluding carboxylic acids is 1. The molecule has 0 bridgehead atoms. The van der Waals surface area contributed by atoms with Gasteiger partial charge in [0.15, 0.2) is 0 Å². The highest BCUT2D eigenvalue weighted by atomic mass is 28.3. The minimum absolute atomic E-state index is 0.0294. The number of nitrogens with two attached hydrogens (primary N) is 1. The summed E-state index contributed by atoms with van der Waals surface area (Å²) < 4.78 is 14.4. The first-order chi connectivity index (χ1) is 24.7. The molecule has 1 fully saturated rings. The van der Waals surface area contributed by atoms with Crippen LogP contribution < -0.4 is 21.0 Å². The van der Waals surface area contributed by atoms with Crippen molar-refractivity contribution >= 4 is 30.5 Å². The van der Waals surface area contributed by atoms with Gasteiger partial charge in [0.05, 0.1) is 45.6 Å². The van der Waals surface area contributed by atoms with Crippen LogP contribution in [0.4, 0.5) is 11.4 Å². The number of aryl methyl sites for hydroxylation is 2. The molecule has 1 aromatic heterocycles. The van der Waals surface area contributed by atoms with Crippen molar-refractivity contribution in [2.45, 2.75) is 69.5 Å². The summed E-state index contributed by atoms with van der Waals surface area (Å²) in [7, 11) is -0.317. The van der Waals surface area contributed by atoms with Crippen LogP contribution in [0.5, 0.6) is 5.75 Å². The van der Waals surface area contributed by atoms with Crippen molar-refractivity contribution in [3.05, 3.63) is 132 Å². The average molecular weight is 704 g/mol. The number of benzene rings is 4. The number of aromatic nitrogens is 3. The smallest absolute Gasteiger partial charge is 0.255 e. The highest BCUT2D eigenvalue weighted by Crippen LogP contribution is 2.46. The number of anilines is 2. The molecule has 1 amide bonds. The summed E-state index contributed by atoms with van der Waals surface area (Å²) in [5, 5.41) is 23.5. The Bertz CT molecular complexity index is 1860. The van der Waals surface area contributed by atoms with Gasteiger partial charge in [-0.3, -0.25) is 9.48 Å². The van der Waals surface area contributed by atoms with E-state index in [1.807, 2.05) is 53.3 Å². The molecule has 4 aromatic carbocycles. The van der Waals surface area contributed by atoms with Gasteiger partial charge < -0.3 is 25.6 Å². The molecule has 0 aliphatic carbocycles. The predicted octanol–water partition coefficient (Wildman–Crippen LogP) is 6.66. The van der Waals surface area contributed by atoms with Gasteiger partial charge in [-0.2, -0.15) is 0 Å². The summed E-state index contributed by atoms with van der Waals surface area (Å²) in [6, 6.07) is 33.6. The summed E-state index contributed by atoms with van der Waals surface area (Å²) in [6.07, 6.45) is 4.74. The minimum Gasteiger partial charge on any atom is -0.497 e. The van der Waals surface area contributed by atoms with E-state index in [9.17, 15) is 9.90 Å². The highest BCUT2D eigenvalue weighted by molar-refractivity contribution is 6.91. The number of aliphatic hydroxyl groups excluding tert-OH is 1. The lowest BCUT2D eigenvalue weighted by molar-refractivity contribution is 0.0250. The second-order valence-corrected chi connectivity index (χ2v) is 18.9. The van der Waals surface area contributed by atoms with Gasteiger partial charge in [0, 0.05) is 29.7 Å². The Hall–Kier alpha value is -4.77. The molecule has 4 N–H and O–H groups in total. The van der Waals surface area contributed by atoms with Crippen LogP contribution in [-0.2, 0) is 17.7 Å². The summed E-state index contributed by atoms with van der Waals surface area (Å²) in [6.45, 7) is 7.94. The third kappa shape index (κ3) is 8.41. The van der Waals surface area contributed by atoms with Crippen LogP contribution in [0.25, 0.3) is 0 Å². The number of aliphatic hydroxyl groups is 1. The molecule has 2 heterocycles. The fraction of sp³-hybridized carbons (Fsp3) is 0.341. The molecule has 1 saturated heterocycles. The number of nitrogens with zero attached hydrogens (tertiary/aromatic N) is 3. The van der Waals surface area contributed by atoms with Crippen molar-refractivity contribution in [2.24, 2.45) is 5.92 Å². The van der Waals surface area contributed by atoms with Gasteiger partial charge >= 0.3 is 0 Å². The van der Waals surface area contributed by atoms with Crippen molar-refractivity contribution in [1.82, 2.24) is 15.0 Å². The summed E-state index contributed by atoms with van der Waals surface area (Å²) in [5.74, 6) is 0.849. The maximum absolute atomic E-state index is 12.7. The Morgan fingerprint density at radius 3 is 2.33 bits per heavy atom. The predicted molar refractivity (Wildman–Crippen MR) is 205 cm³/mol. The zero-order chi connectivity index (χ0) is 36.0. The molecule has 51 heavy (non-hydrogen) atoms. The van der Waals surface area contributed by atoms with E-state index in [2.05, 4.69) is 72.0 Å². The third-order valence-electron chi connectivity index (χ3n) is 10.6. The number of nitrogens with one attached hydrogen (secondary N) is 1. The number of nitrogen functional groups attached to an aromatic ring is 1. The average Bonchev–Trinajstić information content (AvgIpc) is 3.75. The zero-order valence-corrected chi connectivity index (χ0v) is 30.9. The Kier molecular flexibility index (Phi) is 11.3. The van der Waals surface area contributed by atoms with E-state index >= 15 is 0 Å². The maximum Gasteiger partial charge on any atom is 0.255 e. The first kappa shape index (κ1) is 36.0. The van der Waals surface area contributed by atoms with Crippen LogP contribution in [0.15, 0.2) is 109 Å². The van der Waals surface area contributed by atoms with E-state index in [0.717, 1.165) is 42.0 Å².